The molecule has 0 amide bonds. The topological polar surface area (TPSA) is 24.1 Å². The quantitative estimate of drug-likeness (QED) is 0.0894. The molecule has 0 aliphatic carbocycles. The van der Waals surface area contributed by atoms with Crippen molar-refractivity contribution in [1.82, 2.24) is 10.6 Å². The van der Waals surface area contributed by atoms with Gasteiger partial charge in [-0.25, -0.2) is 22.0 Å². The molecule has 0 aromatic heterocycles. The van der Waals surface area contributed by atoms with Gasteiger partial charge in [-0.2, -0.15) is 12.6 Å². The van der Waals surface area contributed by atoms with Crippen molar-refractivity contribution in [2.45, 2.75) is 65.8 Å². The molecule has 0 radical (unpaired) electrons. The van der Waals surface area contributed by atoms with Crippen molar-refractivity contribution in [3.63, 3.8) is 0 Å². The first-order chi connectivity index (χ1) is 18.2. The average molecular weight is 591 g/mol. The molecule has 0 heterocycles. The van der Waals surface area contributed by atoms with Gasteiger partial charge in [-0.3, -0.25) is 0 Å². The molecule has 220 valence electrons. The van der Waals surface area contributed by atoms with Crippen LogP contribution in [0.25, 0.3) is 11.1 Å². The zero-order chi connectivity index (χ0) is 30.8. The molecule has 2 aromatic rings. The van der Waals surface area contributed by atoms with Gasteiger partial charge >= 0.3 is 0 Å². The van der Waals surface area contributed by atoms with Crippen molar-refractivity contribution in [3.8, 4) is 11.1 Å². The number of thiol groups is 1. The number of allylic oxidation sites excluding steroid dienone is 1. The molecule has 0 saturated carbocycles. The Bertz CT molecular complexity index is 1110. The molecule has 2 unspecified atom stereocenters. The zero-order valence-corrected chi connectivity index (χ0v) is 26.4. The van der Waals surface area contributed by atoms with Crippen LogP contribution in [0.1, 0.15) is 49.4 Å². The molecule has 2 atom stereocenters. The maximum absolute atomic E-state index is 15.2. The van der Waals surface area contributed by atoms with Crippen molar-refractivity contribution in [1.29, 1.82) is 0 Å². The number of rotatable bonds is 9. The lowest BCUT2D eigenvalue weighted by atomic mass is 9.92. The summed E-state index contributed by atoms with van der Waals surface area (Å²) in [5.41, 5.74) is -0.0412. The van der Waals surface area contributed by atoms with Crippen LogP contribution in [0.2, 0.25) is 0 Å². The van der Waals surface area contributed by atoms with E-state index in [1.807, 2.05) is 0 Å². The van der Waals surface area contributed by atoms with E-state index in [-0.39, 0.29) is 38.9 Å². The monoisotopic (exact) mass is 590 g/mol. The summed E-state index contributed by atoms with van der Waals surface area (Å²) in [6.45, 7) is 19.3. The van der Waals surface area contributed by atoms with Gasteiger partial charge in [0.1, 0.15) is 17.5 Å². The summed E-state index contributed by atoms with van der Waals surface area (Å²) in [7, 11) is 3.36. The molecule has 0 spiro atoms. The molecule has 0 fully saturated rings. The van der Waals surface area contributed by atoms with Crippen LogP contribution in [0.15, 0.2) is 29.3 Å². The molecule has 2 N–H and O–H groups in total. The highest BCUT2D eigenvalue weighted by molar-refractivity contribution is 7.99. The van der Waals surface area contributed by atoms with Crippen molar-refractivity contribution in [2.75, 3.05) is 26.1 Å². The third kappa shape index (κ3) is 8.76. The van der Waals surface area contributed by atoms with Crippen LogP contribution in [-0.4, -0.2) is 32.1 Å². The van der Waals surface area contributed by atoms with Gasteiger partial charge in [0.2, 0.25) is 0 Å². The first-order valence-electron chi connectivity index (χ1n) is 12.6. The lowest BCUT2D eigenvalue weighted by molar-refractivity contribution is 0.475. The molecular formula is C30H43F5N2S2. The predicted molar refractivity (Wildman–Crippen MR) is 162 cm³/mol. The molecule has 2 rings (SSSR count). The summed E-state index contributed by atoms with van der Waals surface area (Å²) >= 11 is 4.44. The summed E-state index contributed by atoms with van der Waals surface area (Å²) in [4.78, 5) is -0.222. The summed E-state index contributed by atoms with van der Waals surface area (Å²) in [6.07, 6.45) is 2.91. The van der Waals surface area contributed by atoms with Crippen LogP contribution in [0.4, 0.5) is 22.0 Å². The molecule has 2 aromatic carbocycles. The Kier molecular flexibility index (Phi) is 16.1. The van der Waals surface area contributed by atoms with Crippen molar-refractivity contribution < 1.29 is 22.0 Å². The lowest BCUT2D eigenvalue weighted by Crippen LogP contribution is -2.34. The second-order valence-electron chi connectivity index (χ2n) is 9.23. The molecule has 0 bridgehead atoms. The van der Waals surface area contributed by atoms with Crippen LogP contribution >= 0.6 is 24.4 Å². The Morgan fingerprint density at radius 1 is 0.795 bits per heavy atom. The third-order valence-corrected chi connectivity index (χ3v) is 8.11. The van der Waals surface area contributed by atoms with E-state index in [1.54, 1.807) is 20.4 Å². The van der Waals surface area contributed by atoms with E-state index in [0.29, 0.717) is 11.6 Å². The summed E-state index contributed by atoms with van der Waals surface area (Å²) in [6, 6.07) is -0.280. The van der Waals surface area contributed by atoms with Gasteiger partial charge in [0.05, 0.1) is 16.5 Å². The van der Waals surface area contributed by atoms with Gasteiger partial charge in [0.15, 0.2) is 11.6 Å². The SMILES string of the molecule is C=C(C)C(C)CC.C=C(NC)C(CSc1c(C)c(F)c(-c2c(C)c(F)c(C)c(C)c2F)c(F)c1F)NC.CS. The number of thioether (sulfide) groups is 1. The number of hydrogen-bond acceptors (Lipinski definition) is 4. The summed E-state index contributed by atoms with van der Waals surface area (Å²) < 4.78 is 74.5. The van der Waals surface area contributed by atoms with Crippen LogP contribution in [0.3, 0.4) is 0 Å². The maximum Gasteiger partial charge on any atom is 0.173 e. The minimum absolute atomic E-state index is 0.0433. The van der Waals surface area contributed by atoms with Crippen LogP contribution in [0.5, 0.6) is 0 Å². The van der Waals surface area contributed by atoms with Gasteiger partial charge in [0.25, 0.3) is 0 Å². The van der Waals surface area contributed by atoms with E-state index in [4.69, 9.17) is 0 Å². The van der Waals surface area contributed by atoms with Crippen LogP contribution in [0, 0.1) is 62.7 Å². The fraction of sp³-hybridized carbons (Fsp3) is 0.467. The Morgan fingerprint density at radius 2 is 1.28 bits per heavy atom. The second kappa shape index (κ2) is 17.0. The van der Waals surface area contributed by atoms with Gasteiger partial charge < -0.3 is 10.6 Å². The molecule has 0 saturated heterocycles. The fourth-order valence-corrected chi connectivity index (χ4v) is 4.79. The van der Waals surface area contributed by atoms with Crippen LogP contribution in [-0.2, 0) is 0 Å². The number of likely N-dealkylation sites (N-methyl/N-ethyl adjacent to an activating group) is 2. The third-order valence-electron chi connectivity index (χ3n) is 6.83. The lowest BCUT2D eigenvalue weighted by Gasteiger charge is -2.21. The highest BCUT2D eigenvalue weighted by atomic mass is 32.2. The molecule has 39 heavy (non-hydrogen) atoms. The van der Waals surface area contributed by atoms with E-state index < -0.39 is 40.2 Å². The van der Waals surface area contributed by atoms with Gasteiger partial charge in [0, 0.05) is 29.6 Å². The molecule has 0 aliphatic rings. The minimum atomic E-state index is -1.54. The number of hydrogen-bond donors (Lipinski definition) is 3. The van der Waals surface area contributed by atoms with E-state index in [0.717, 1.165) is 11.8 Å². The van der Waals surface area contributed by atoms with Gasteiger partial charge in [-0.1, -0.05) is 32.6 Å². The highest BCUT2D eigenvalue weighted by Gasteiger charge is 2.29. The summed E-state index contributed by atoms with van der Waals surface area (Å²) in [5.74, 6) is -4.74. The number of nitrogens with one attached hydrogen (secondary N) is 2. The predicted octanol–water partition coefficient (Wildman–Crippen LogP) is 8.85. The normalized spacial score (nSPS) is 12.0. The van der Waals surface area contributed by atoms with E-state index >= 15 is 4.39 Å². The van der Waals surface area contributed by atoms with Crippen molar-refractivity contribution in [2.24, 2.45) is 5.92 Å². The largest absolute Gasteiger partial charge is 0.391 e. The highest BCUT2D eigenvalue weighted by Crippen LogP contribution is 2.41. The molecule has 2 nitrogen and oxygen atoms in total. The molecular weight excluding hydrogens is 547 g/mol. The van der Waals surface area contributed by atoms with E-state index in [1.165, 1.54) is 39.7 Å². The number of benzene rings is 2. The Morgan fingerprint density at radius 3 is 1.69 bits per heavy atom. The minimum Gasteiger partial charge on any atom is -0.391 e. The van der Waals surface area contributed by atoms with Gasteiger partial charge in [-0.15, -0.1) is 11.8 Å². The van der Waals surface area contributed by atoms with Gasteiger partial charge in [-0.05, 0) is 77.0 Å². The molecule has 0 aliphatic heterocycles. The molecule has 9 heteroatoms. The van der Waals surface area contributed by atoms with Crippen molar-refractivity contribution in [3.05, 3.63) is 75.8 Å². The van der Waals surface area contributed by atoms with Crippen molar-refractivity contribution >= 4 is 24.4 Å². The first-order valence-corrected chi connectivity index (χ1v) is 14.4. The average Bonchev–Trinajstić information content (AvgIpc) is 2.93. The summed E-state index contributed by atoms with van der Waals surface area (Å²) in [5, 5.41) is 5.85. The maximum atomic E-state index is 15.2. The smallest absolute Gasteiger partial charge is 0.173 e. The fourth-order valence-electron chi connectivity index (χ4n) is 3.57. The van der Waals surface area contributed by atoms with E-state index in [2.05, 4.69) is 57.2 Å². The Hall–Kier alpha value is -1.97. The van der Waals surface area contributed by atoms with Crippen LogP contribution < -0.4 is 10.6 Å². The van der Waals surface area contributed by atoms with E-state index in [9.17, 15) is 17.6 Å². The Labute approximate surface area is 241 Å². The second-order valence-corrected chi connectivity index (χ2v) is 10.3. The Balaban J connectivity index is 0.00000139. The first kappa shape index (κ1) is 37.0. The standard InChI is InChI=1S/C22H25F5N2S.C7H14.CH4S/c1-9-10(2)18(24)15(11(3)17(9)23)16-19(25)12(4)22(21(27)20(16)26)30-8-14(29-7)13(5)28-6;1-5-7(4)6(2)3;1-2/h14,28-29H,5,8H2,1-4,6-7H3;7H,2,5H2,1,3-4H3;2H,1H3. The zero-order valence-electron chi connectivity index (χ0n) is 24.7. The number of halogens is 5.